The van der Waals surface area contributed by atoms with Crippen LogP contribution in [0.15, 0.2) is 23.2 Å². The molecule has 1 atom stereocenters. The summed E-state index contributed by atoms with van der Waals surface area (Å²) in [5, 5.41) is 0. The Morgan fingerprint density at radius 1 is 1.48 bits per heavy atom. The minimum absolute atomic E-state index is 0.101. The highest BCUT2D eigenvalue weighted by atomic mass is 32.2. The molecule has 21 heavy (non-hydrogen) atoms. The van der Waals surface area contributed by atoms with Crippen molar-refractivity contribution < 1.29 is 17.9 Å². The Morgan fingerprint density at radius 3 is 2.76 bits per heavy atom. The largest absolute Gasteiger partial charge is 0.383 e. The average molecular weight is 314 g/mol. The fourth-order valence-electron chi connectivity index (χ4n) is 2.03. The van der Waals surface area contributed by atoms with Gasteiger partial charge in [-0.3, -0.25) is 4.79 Å². The fourth-order valence-corrected chi connectivity index (χ4v) is 3.31. The number of aromatic nitrogens is 1. The molecule has 1 aliphatic rings. The number of hydrogen-bond donors (Lipinski definition) is 2. The van der Waals surface area contributed by atoms with E-state index in [1.165, 1.54) is 25.3 Å². The van der Waals surface area contributed by atoms with Gasteiger partial charge in [-0.1, -0.05) is 0 Å². The van der Waals surface area contributed by atoms with Crippen molar-refractivity contribution >= 4 is 21.7 Å². The lowest BCUT2D eigenvalue weighted by atomic mass is 10.3. The second-order valence-electron chi connectivity index (χ2n) is 4.67. The average Bonchev–Trinajstić information content (AvgIpc) is 2.47. The van der Waals surface area contributed by atoms with Gasteiger partial charge in [0, 0.05) is 19.3 Å². The zero-order chi connectivity index (χ0) is 15.5. The van der Waals surface area contributed by atoms with Gasteiger partial charge >= 0.3 is 0 Å². The van der Waals surface area contributed by atoms with Crippen molar-refractivity contribution in [1.82, 2.24) is 14.6 Å². The van der Waals surface area contributed by atoms with E-state index in [0.717, 1.165) is 0 Å². The van der Waals surface area contributed by atoms with Crippen molar-refractivity contribution in [3.63, 3.8) is 0 Å². The van der Waals surface area contributed by atoms with Gasteiger partial charge in [-0.05, 0) is 19.1 Å². The van der Waals surface area contributed by atoms with Crippen LogP contribution in [0.2, 0.25) is 0 Å². The lowest BCUT2D eigenvalue weighted by molar-refractivity contribution is -0.136. The maximum absolute atomic E-state index is 12.2. The third-order valence-corrected chi connectivity index (χ3v) is 4.70. The molecule has 2 rings (SSSR count). The van der Waals surface area contributed by atoms with E-state index in [0.29, 0.717) is 26.3 Å². The highest BCUT2D eigenvalue weighted by Gasteiger charge is 2.27. The van der Waals surface area contributed by atoms with Gasteiger partial charge in [-0.15, -0.1) is 0 Å². The Labute approximate surface area is 123 Å². The predicted molar refractivity (Wildman–Crippen MR) is 75.8 cm³/mol. The molecule has 1 fully saturated rings. The third-order valence-electron chi connectivity index (χ3n) is 3.11. The number of nitrogens with zero attached hydrogens (tertiary/aromatic N) is 2. The van der Waals surface area contributed by atoms with E-state index in [9.17, 15) is 13.2 Å². The minimum atomic E-state index is -3.89. The van der Waals surface area contributed by atoms with Gasteiger partial charge in [0.2, 0.25) is 15.9 Å². The minimum Gasteiger partial charge on any atom is -0.383 e. The van der Waals surface area contributed by atoms with Crippen LogP contribution in [0, 0.1) is 0 Å². The maximum Gasteiger partial charge on any atom is 0.244 e. The molecule has 0 saturated carbocycles. The quantitative estimate of drug-likeness (QED) is 0.751. The molecule has 0 bridgehead atoms. The number of sulfonamides is 1. The van der Waals surface area contributed by atoms with Crippen molar-refractivity contribution in [2.45, 2.75) is 17.9 Å². The Balaban J connectivity index is 2.09. The normalized spacial score (nSPS) is 17.5. The van der Waals surface area contributed by atoms with E-state index < -0.39 is 16.1 Å². The molecule has 116 valence electrons. The molecular formula is C12H18N4O4S. The van der Waals surface area contributed by atoms with Crippen molar-refractivity contribution in [2.24, 2.45) is 0 Å². The first-order valence-corrected chi connectivity index (χ1v) is 7.99. The zero-order valence-electron chi connectivity index (χ0n) is 11.7. The van der Waals surface area contributed by atoms with Crippen LogP contribution >= 0.6 is 0 Å². The molecule has 0 radical (unpaired) electrons. The number of anilines is 1. The third kappa shape index (κ3) is 3.69. The number of rotatable bonds is 4. The van der Waals surface area contributed by atoms with Crippen molar-refractivity contribution in [3.05, 3.63) is 18.3 Å². The summed E-state index contributed by atoms with van der Waals surface area (Å²) in [6, 6.07) is 1.93. The van der Waals surface area contributed by atoms with E-state index in [4.69, 9.17) is 10.5 Å². The summed E-state index contributed by atoms with van der Waals surface area (Å²) in [7, 11) is -3.89. The molecule has 9 heteroatoms. The van der Waals surface area contributed by atoms with E-state index in [1.807, 2.05) is 0 Å². The second-order valence-corrected chi connectivity index (χ2v) is 6.35. The Bertz CT molecular complexity index is 613. The topological polar surface area (TPSA) is 115 Å². The van der Waals surface area contributed by atoms with Crippen LogP contribution in [0.25, 0.3) is 0 Å². The zero-order valence-corrected chi connectivity index (χ0v) is 12.5. The number of amides is 1. The number of ether oxygens (including phenoxy) is 1. The molecule has 1 amide bonds. The Kier molecular flexibility index (Phi) is 4.76. The van der Waals surface area contributed by atoms with Gasteiger partial charge in [0.05, 0.1) is 19.3 Å². The van der Waals surface area contributed by atoms with Gasteiger partial charge < -0.3 is 15.4 Å². The summed E-state index contributed by atoms with van der Waals surface area (Å²) < 4.78 is 31.9. The molecule has 3 N–H and O–H groups in total. The van der Waals surface area contributed by atoms with Crippen LogP contribution in [-0.4, -0.2) is 56.6 Å². The summed E-state index contributed by atoms with van der Waals surface area (Å²) >= 11 is 0. The first kappa shape index (κ1) is 15.7. The lowest BCUT2D eigenvalue weighted by Gasteiger charge is -2.29. The van der Waals surface area contributed by atoms with Gasteiger partial charge in [-0.2, -0.15) is 4.72 Å². The molecule has 0 spiro atoms. The summed E-state index contributed by atoms with van der Waals surface area (Å²) in [6.07, 6.45) is 1.40. The number of morpholine rings is 1. The Morgan fingerprint density at radius 2 is 2.14 bits per heavy atom. The lowest BCUT2D eigenvalue weighted by Crippen LogP contribution is -2.50. The molecular weight excluding hydrogens is 296 g/mol. The first-order valence-electron chi connectivity index (χ1n) is 6.51. The van der Waals surface area contributed by atoms with Gasteiger partial charge in [-0.25, -0.2) is 13.4 Å². The van der Waals surface area contributed by atoms with Crippen molar-refractivity contribution in [3.8, 4) is 0 Å². The van der Waals surface area contributed by atoms with E-state index in [1.54, 1.807) is 4.90 Å². The molecule has 2 heterocycles. The van der Waals surface area contributed by atoms with Crippen LogP contribution in [0.5, 0.6) is 0 Å². The van der Waals surface area contributed by atoms with Crippen LogP contribution in [0.4, 0.5) is 5.82 Å². The standard InChI is InChI=1S/C12H18N4O4S/c1-9(12(17)16-5-7-20-8-6-16)15-21(18,19)10-3-2-4-14-11(10)13/h2-4,9,15H,5-8H2,1H3,(H2,13,14). The number of nitrogen functional groups attached to an aromatic ring is 1. The number of pyridine rings is 1. The molecule has 1 aromatic heterocycles. The molecule has 8 nitrogen and oxygen atoms in total. The summed E-state index contributed by atoms with van der Waals surface area (Å²) in [4.78, 5) is 17.4. The van der Waals surface area contributed by atoms with Crippen LogP contribution < -0.4 is 10.5 Å². The molecule has 1 aromatic rings. The van der Waals surface area contributed by atoms with E-state index >= 15 is 0 Å². The first-order chi connectivity index (χ1) is 9.92. The predicted octanol–water partition coefficient (Wildman–Crippen LogP) is -0.811. The van der Waals surface area contributed by atoms with E-state index in [2.05, 4.69) is 9.71 Å². The van der Waals surface area contributed by atoms with Crippen molar-refractivity contribution in [2.75, 3.05) is 32.0 Å². The number of hydrogen-bond acceptors (Lipinski definition) is 6. The number of nitrogens with two attached hydrogens (primary N) is 1. The van der Waals surface area contributed by atoms with Gasteiger partial charge in [0.1, 0.15) is 10.7 Å². The number of nitrogens with one attached hydrogen (secondary N) is 1. The van der Waals surface area contributed by atoms with Crippen LogP contribution in [0.3, 0.4) is 0 Å². The maximum atomic E-state index is 12.2. The van der Waals surface area contributed by atoms with E-state index in [-0.39, 0.29) is 16.6 Å². The summed E-state index contributed by atoms with van der Waals surface area (Å²) in [6.45, 7) is 3.34. The number of carbonyl (C=O) groups excluding carboxylic acids is 1. The van der Waals surface area contributed by atoms with Gasteiger partial charge in [0.25, 0.3) is 0 Å². The molecule has 1 unspecified atom stereocenters. The molecule has 0 aromatic carbocycles. The SMILES string of the molecule is CC(NS(=O)(=O)c1cccnc1N)C(=O)N1CCOCC1. The van der Waals surface area contributed by atoms with Crippen LogP contribution in [0.1, 0.15) is 6.92 Å². The highest BCUT2D eigenvalue weighted by Crippen LogP contribution is 2.15. The monoisotopic (exact) mass is 314 g/mol. The number of carbonyl (C=O) groups is 1. The summed E-state index contributed by atoms with van der Waals surface area (Å²) in [5.74, 6) is -0.389. The molecule has 0 aliphatic carbocycles. The second kappa shape index (κ2) is 6.37. The highest BCUT2D eigenvalue weighted by molar-refractivity contribution is 7.89. The van der Waals surface area contributed by atoms with Crippen LogP contribution in [-0.2, 0) is 19.6 Å². The van der Waals surface area contributed by atoms with Crippen molar-refractivity contribution in [1.29, 1.82) is 0 Å². The van der Waals surface area contributed by atoms with Gasteiger partial charge in [0.15, 0.2) is 0 Å². The Hall–Kier alpha value is -1.71. The fraction of sp³-hybridized carbons (Fsp3) is 0.500. The molecule has 1 saturated heterocycles. The smallest absolute Gasteiger partial charge is 0.244 e. The summed E-state index contributed by atoms with van der Waals surface area (Å²) in [5.41, 5.74) is 5.56. The molecule has 1 aliphatic heterocycles.